The van der Waals surface area contributed by atoms with E-state index in [9.17, 15) is 17.6 Å². The number of nitrogens with two attached hydrogens (primary N) is 1. The molecule has 0 saturated heterocycles. The molecule has 0 spiro atoms. The van der Waals surface area contributed by atoms with Crippen LogP contribution in [0.1, 0.15) is 25.6 Å². The first-order chi connectivity index (χ1) is 9.22. The van der Waals surface area contributed by atoms with Crippen LogP contribution in [0.4, 0.5) is 17.6 Å². The molecule has 2 N–H and O–H groups in total. The molecular formula is C11H17F4N3O2. The fourth-order valence-corrected chi connectivity index (χ4v) is 1.21. The Kier molecular flexibility index (Phi) is 5.88. The molecule has 0 aliphatic heterocycles. The highest BCUT2D eigenvalue weighted by molar-refractivity contribution is 4.88. The van der Waals surface area contributed by atoms with Crippen molar-refractivity contribution in [1.29, 1.82) is 0 Å². The van der Waals surface area contributed by atoms with Crippen LogP contribution in [0.2, 0.25) is 0 Å². The molecule has 0 saturated carbocycles. The van der Waals surface area contributed by atoms with Gasteiger partial charge in [-0.15, -0.1) is 0 Å². The molecule has 116 valence electrons. The summed E-state index contributed by atoms with van der Waals surface area (Å²) >= 11 is 0. The fourth-order valence-electron chi connectivity index (χ4n) is 1.21. The van der Waals surface area contributed by atoms with Crippen molar-refractivity contribution in [3.05, 3.63) is 11.7 Å². The van der Waals surface area contributed by atoms with Crippen LogP contribution < -0.4 is 5.73 Å². The highest BCUT2D eigenvalue weighted by Gasteiger charge is 2.41. The van der Waals surface area contributed by atoms with Crippen LogP contribution in [0.25, 0.3) is 0 Å². The van der Waals surface area contributed by atoms with Crippen LogP contribution in [0.5, 0.6) is 0 Å². The number of halogens is 4. The summed E-state index contributed by atoms with van der Waals surface area (Å²) in [5.74, 6) is -3.70. The van der Waals surface area contributed by atoms with Gasteiger partial charge in [0.25, 0.3) is 0 Å². The van der Waals surface area contributed by atoms with E-state index in [-0.39, 0.29) is 23.7 Å². The van der Waals surface area contributed by atoms with E-state index < -0.39 is 25.6 Å². The highest BCUT2D eigenvalue weighted by Crippen LogP contribution is 2.23. The lowest BCUT2D eigenvalue weighted by Crippen LogP contribution is -2.32. The van der Waals surface area contributed by atoms with Gasteiger partial charge in [0, 0.05) is 12.5 Å². The number of hydrogen-bond donors (Lipinski definition) is 1. The van der Waals surface area contributed by atoms with Gasteiger partial charge >= 0.3 is 12.3 Å². The first-order valence-electron chi connectivity index (χ1n) is 6.03. The number of aromatic nitrogens is 2. The van der Waals surface area contributed by atoms with Gasteiger partial charge in [-0.2, -0.15) is 13.8 Å². The Hall–Kier alpha value is -1.22. The molecule has 1 atom stereocenters. The maximum atomic E-state index is 12.6. The fraction of sp³-hybridized carbons (Fsp3) is 0.818. The number of alkyl halides is 4. The SMILES string of the molecule is CC(C)C(N)Cc1nc(COCC(F)(F)C(F)F)no1. The standard InChI is InChI=1S/C11H17F4N3O2/c1-6(2)7(16)3-9-17-8(18-20-9)4-19-5-11(14,15)10(12)13/h6-7,10H,3-5,16H2,1-2H3. The Bertz CT molecular complexity index is 412. The summed E-state index contributed by atoms with van der Waals surface area (Å²) in [5, 5.41) is 3.49. The quantitative estimate of drug-likeness (QED) is 0.743. The van der Waals surface area contributed by atoms with Crippen molar-refractivity contribution < 1.29 is 26.8 Å². The molecule has 5 nitrogen and oxygen atoms in total. The molecule has 0 bridgehead atoms. The number of nitrogens with zero attached hydrogens (tertiary/aromatic N) is 2. The van der Waals surface area contributed by atoms with Crippen molar-refractivity contribution in [2.75, 3.05) is 6.61 Å². The minimum atomic E-state index is -4.19. The summed E-state index contributed by atoms with van der Waals surface area (Å²) in [7, 11) is 0. The van der Waals surface area contributed by atoms with Gasteiger partial charge in [0.2, 0.25) is 5.89 Å². The largest absolute Gasteiger partial charge is 0.367 e. The molecule has 1 aromatic rings. The molecule has 20 heavy (non-hydrogen) atoms. The Morgan fingerprint density at radius 2 is 2.00 bits per heavy atom. The summed E-state index contributed by atoms with van der Waals surface area (Å²) in [6.07, 6.45) is -3.43. The molecule has 9 heteroatoms. The molecule has 0 aliphatic rings. The van der Waals surface area contributed by atoms with E-state index in [1.54, 1.807) is 0 Å². The number of ether oxygens (including phenoxy) is 1. The second-order valence-electron chi connectivity index (χ2n) is 4.77. The van der Waals surface area contributed by atoms with Gasteiger partial charge in [0.05, 0.1) is 0 Å². The van der Waals surface area contributed by atoms with E-state index in [0.29, 0.717) is 6.42 Å². The molecule has 0 aliphatic carbocycles. The lowest BCUT2D eigenvalue weighted by atomic mass is 10.0. The summed E-state index contributed by atoms with van der Waals surface area (Å²) in [6.45, 7) is 2.03. The first-order valence-corrected chi connectivity index (χ1v) is 6.03. The lowest BCUT2D eigenvalue weighted by Gasteiger charge is -2.14. The van der Waals surface area contributed by atoms with Crippen molar-refractivity contribution >= 4 is 0 Å². The molecule has 0 fully saturated rings. The second kappa shape index (κ2) is 6.98. The average Bonchev–Trinajstić information content (AvgIpc) is 2.76. The van der Waals surface area contributed by atoms with Gasteiger partial charge in [-0.05, 0) is 5.92 Å². The lowest BCUT2D eigenvalue weighted by molar-refractivity contribution is -0.168. The molecule has 1 rings (SSSR count). The Labute approximate surface area is 113 Å². The molecular weight excluding hydrogens is 282 g/mol. The molecule has 0 aromatic carbocycles. The topological polar surface area (TPSA) is 74.2 Å². The predicted molar refractivity (Wildman–Crippen MR) is 61.4 cm³/mol. The maximum absolute atomic E-state index is 12.6. The smallest absolute Gasteiger partial charge is 0.330 e. The third-order valence-electron chi connectivity index (χ3n) is 2.62. The second-order valence-corrected chi connectivity index (χ2v) is 4.77. The summed E-state index contributed by atoms with van der Waals surface area (Å²) in [4.78, 5) is 3.88. The summed E-state index contributed by atoms with van der Waals surface area (Å²) in [5.41, 5.74) is 5.81. The van der Waals surface area contributed by atoms with Crippen LogP contribution >= 0.6 is 0 Å². The van der Waals surface area contributed by atoms with Crippen LogP contribution in [0.3, 0.4) is 0 Å². The van der Waals surface area contributed by atoms with Crippen LogP contribution in [-0.4, -0.2) is 35.1 Å². The maximum Gasteiger partial charge on any atom is 0.330 e. The predicted octanol–water partition coefficient (Wildman–Crippen LogP) is 2.01. The van der Waals surface area contributed by atoms with Gasteiger partial charge < -0.3 is 15.0 Å². The minimum Gasteiger partial charge on any atom is -0.367 e. The molecule has 1 unspecified atom stereocenters. The van der Waals surface area contributed by atoms with Crippen LogP contribution in [0.15, 0.2) is 4.52 Å². The number of hydrogen-bond acceptors (Lipinski definition) is 5. The van der Waals surface area contributed by atoms with E-state index in [4.69, 9.17) is 10.3 Å². The average molecular weight is 299 g/mol. The zero-order valence-electron chi connectivity index (χ0n) is 11.2. The van der Waals surface area contributed by atoms with Crippen molar-refractivity contribution in [3.63, 3.8) is 0 Å². The van der Waals surface area contributed by atoms with Gasteiger partial charge in [0.1, 0.15) is 13.2 Å². The molecule has 0 radical (unpaired) electrons. The Morgan fingerprint density at radius 1 is 1.35 bits per heavy atom. The van der Waals surface area contributed by atoms with Crippen LogP contribution in [0, 0.1) is 5.92 Å². The molecule has 0 amide bonds. The van der Waals surface area contributed by atoms with Crippen molar-refractivity contribution in [3.8, 4) is 0 Å². The van der Waals surface area contributed by atoms with E-state index in [2.05, 4.69) is 14.9 Å². The van der Waals surface area contributed by atoms with Crippen molar-refractivity contribution in [2.24, 2.45) is 11.7 Å². The zero-order valence-corrected chi connectivity index (χ0v) is 11.2. The van der Waals surface area contributed by atoms with E-state index >= 15 is 0 Å². The minimum absolute atomic E-state index is 0.0148. The van der Waals surface area contributed by atoms with Crippen molar-refractivity contribution in [1.82, 2.24) is 10.1 Å². The van der Waals surface area contributed by atoms with Gasteiger partial charge in [-0.25, -0.2) is 8.78 Å². The normalized spacial score (nSPS) is 14.2. The number of rotatable bonds is 8. The van der Waals surface area contributed by atoms with E-state index in [0.717, 1.165) is 0 Å². The van der Waals surface area contributed by atoms with Crippen molar-refractivity contribution in [2.45, 2.75) is 45.3 Å². The summed E-state index contributed by atoms with van der Waals surface area (Å²) in [6, 6.07) is -0.174. The molecule has 1 aromatic heterocycles. The van der Waals surface area contributed by atoms with Gasteiger partial charge in [-0.3, -0.25) is 0 Å². The highest BCUT2D eigenvalue weighted by atomic mass is 19.3. The Morgan fingerprint density at radius 3 is 2.55 bits per heavy atom. The van der Waals surface area contributed by atoms with E-state index in [1.807, 2.05) is 13.8 Å². The van der Waals surface area contributed by atoms with Gasteiger partial charge in [-0.1, -0.05) is 19.0 Å². The first kappa shape index (κ1) is 16.8. The summed E-state index contributed by atoms with van der Waals surface area (Å²) < 4.78 is 58.2. The van der Waals surface area contributed by atoms with Gasteiger partial charge in [0.15, 0.2) is 5.82 Å². The van der Waals surface area contributed by atoms with E-state index in [1.165, 1.54) is 0 Å². The Balaban J connectivity index is 2.41. The van der Waals surface area contributed by atoms with Crippen LogP contribution in [-0.2, 0) is 17.8 Å². The zero-order chi connectivity index (χ0) is 15.3. The third-order valence-corrected chi connectivity index (χ3v) is 2.62. The molecule has 1 heterocycles. The third kappa shape index (κ3) is 5.04. The monoisotopic (exact) mass is 299 g/mol.